The molecule has 0 amide bonds. The first kappa shape index (κ1) is 12.4. The van der Waals surface area contributed by atoms with Gasteiger partial charge >= 0.3 is 5.97 Å². The maximum atomic E-state index is 11.3. The maximum Gasteiger partial charge on any atom is 0.312 e. The third-order valence-electron chi connectivity index (χ3n) is 2.03. The third-order valence-corrected chi connectivity index (χ3v) is 2.03. The van der Waals surface area contributed by atoms with Gasteiger partial charge in [-0.1, -0.05) is 0 Å². The topological polar surface area (TPSA) is 55.8 Å². The van der Waals surface area contributed by atoms with E-state index in [1.54, 1.807) is 26.0 Å². The highest BCUT2D eigenvalue weighted by Gasteiger charge is 2.14. The summed E-state index contributed by atoms with van der Waals surface area (Å²) < 4.78 is 10.2. The summed E-state index contributed by atoms with van der Waals surface area (Å²) >= 11 is 0. The van der Waals surface area contributed by atoms with Crippen LogP contribution in [0, 0.1) is 5.92 Å². The molecule has 0 saturated heterocycles. The fraction of sp³-hybridized carbons (Fsp3) is 0.417. The lowest BCUT2D eigenvalue weighted by Gasteiger charge is -2.11. The van der Waals surface area contributed by atoms with E-state index in [4.69, 9.17) is 14.6 Å². The molecule has 0 aliphatic heterocycles. The average Bonchev–Trinajstić information content (AvgIpc) is 2.28. The Hall–Kier alpha value is -1.71. The van der Waals surface area contributed by atoms with Gasteiger partial charge in [-0.15, -0.1) is 0 Å². The predicted molar refractivity (Wildman–Crippen MR) is 59.4 cm³/mol. The Morgan fingerprint density at radius 3 is 2.56 bits per heavy atom. The van der Waals surface area contributed by atoms with Gasteiger partial charge in [-0.2, -0.15) is 0 Å². The van der Waals surface area contributed by atoms with Crippen LogP contribution in [0.1, 0.15) is 13.8 Å². The summed E-state index contributed by atoms with van der Waals surface area (Å²) in [4.78, 5) is 11.3. The summed E-state index contributed by atoms with van der Waals surface area (Å²) in [5.74, 6) is 0.245. The Kier molecular flexibility index (Phi) is 4.64. The molecule has 0 fully saturated rings. The summed E-state index contributed by atoms with van der Waals surface area (Å²) in [6, 6.07) is 6.36. The van der Waals surface area contributed by atoms with Crippen LogP contribution in [0.4, 0.5) is 0 Å². The number of ether oxygens (including phenoxy) is 2. The molecule has 0 radical (unpaired) electrons. The molecule has 1 aromatic rings. The van der Waals surface area contributed by atoms with E-state index in [1.807, 2.05) is 0 Å². The van der Waals surface area contributed by atoms with Crippen LogP contribution in [0.5, 0.6) is 11.5 Å². The first-order chi connectivity index (χ1) is 7.63. The van der Waals surface area contributed by atoms with Crippen LogP contribution in [-0.2, 0) is 9.53 Å². The van der Waals surface area contributed by atoms with Crippen LogP contribution >= 0.6 is 0 Å². The normalized spacial score (nSPS) is 11.9. The van der Waals surface area contributed by atoms with Crippen LogP contribution in [0.15, 0.2) is 24.3 Å². The summed E-state index contributed by atoms with van der Waals surface area (Å²) in [6.07, 6.45) is 0. The lowest BCUT2D eigenvalue weighted by atomic mass is 10.2. The van der Waals surface area contributed by atoms with Gasteiger partial charge in [-0.05, 0) is 38.1 Å². The number of esters is 1. The first-order valence-electron chi connectivity index (χ1n) is 5.22. The van der Waals surface area contributed by atoms with Gasteiger partial charge in [0, 0.05) is 0 Å². The minimum absolute atomic E-state index is 0.186. The Morgan fingerprint density at radius 2 is 2.00 bits per heavy atom. The highest BCUT2D eigenvalue weighted by atomic mass is 16.5. The molecule has 0 saturated carbocycles. The third kappa shape index (κ3) is 3.81. The fourth-order valence-corrected chi connectivity index (χ4v) is 1.12. The first-order valence-corrected chi connectivity index (χ1v) is 5.22. The van der Waals surface area contributed by atoms with Crippen molar-refractivity contribution in [3.8, 4) is 11.5 Å². The second-order valence-electron chi connectivity index (χ2n) is 3.46. The maximum absolute atomic E-state index is 11.3. The van der Waals surface area contributed by atoms with Crippen LogP contribution in [0.2, 0.25) is 0 Å². The van der Waals surface area contributed by atoms with Gasteiger partial charge in [0.25, 0.3) is 0 Å². The number of aromatic hydroxyl groups is 1. The van der Waals surface area contributed by atoms with E-state index in [9.17, 15) is 4.79 Å². The molecule has 1 rings (SSSR count). The van der Waals surface area contributed by atoms with Crippen molar-refractivity contribution in [2.24, 2.45) is 5.92 Å². The fourth-order valence-electron chi connectivity index (χ4n) is 1.12. The predicted octanol–water partition coefficient (Wildman–Crippen LogP) is 1.97. The van der Waals surface area contributed by atoms with E-state index in [0.29, 0.717) is 12.4 Å². The summed E-state index contributed by atoms with van der Waals surface area (Å²) in [6.45, 7) is 4.16. The Balaban J connectivity index is 2.39. The highest BCUT2D eigenvalue weighted by Crippen LogP contribution is 2.16. The van der Waals surface area contributed by atoms with E-state index in [2.05, 4.69) is 0 Å². The van der Waals surface area contributed by atoms with E-state index >= 15 is 0 Å². The molecule has 88 valence electrons. The molecule has 0 heterocycles. The average molecular weight is 224 g/mol. The monoisotopic (exact) mass is 224 g/mol. The van der Waals surface area contributed by atoms with Crippen molar-refractivity contribution in [1.29, 1.82) is 0 Å². The number of rotatable bonds is 5. The van der Waals surface area contributed by atoms with E-state index in [1.165, 1.54) is 12.1 Å². The van der Waals surface area contributed by atoms with Crippen LogP contribution in [0.25, 0.3) is 0 Å². The quantitative estimate of drug-likeness (QED) is 0.777. The van der Waals surface area contributed by atoms with Crippen molar-refractivity contribution >= 4 is 5.97 Å². The summed E-state index contributed by atoms with van der Waals surface area (Å²) in [5.41, 5.74) is 0. The number of carbonyl (C=O) groups is 1. The van der Waals surface area contributed by atoms with Gasteiger partial charge < -0.3 is 14.6 Å². The molecule has 0 aromatic heterocycles. The van der Waals surface area contributed by atoms with Crippen LogP contribution in [0.3, 0.4) is 0 Å². The zero-order chi connectivity index (χ0) is 12.0. The van der Waals surface area contributed by atoms with Gasteiger partial charge in [0.15, 0.2) is 0 Å². The number of phenols is 1. The highest BCUT2D eigenvalue weighted by molar-refractivity contribution is 5.72. The Morgan fingerprint density at radius 1 is 1.38 bits per heavy atom. The standard InChI is InChI=1S/C12H16O4/c1-3-15-12(14)9(2)8-16-11-6-4-10(13)5-7-11/h4-7,9,13H,3,8H2,1-2H3. The molecule has 4 nitrogen and oxygen atoms in total. The summed E-state index contributed by atoms with van der Waals surface area (Å²) in [7, 11) is 0. The smallest absolute Gasteiger partial charge is 0.312 e. The number of phenolic OH excluding ortho intramolecular Hbond substituents is 1. The second kappa shape index (κ2) is 6.00. The van der Waals surface area contributed by atoms with Crippen molar-refractivity contribution in [1.82, 2.24) is 0 Å². The molecule has 0 aliphatic carbocycles. The molecule has 4 heteroatoms. The molecular formula is C12H16O4. The lowest BCUT2D eigenvalue weighted by molar-refractivity contribution is -0.148. The largest absolute Gasteiger partial charge is 0.508 e. The SMILES string of the molecule is CCOC(=O)C(C)COc1ccc(O)cc1. The molecule has 0 aliphatic rings. The zero-order valence-corrected chi connectivity index (χ0v) is 9.47. The van der Waals surface area contributed by atoms with E-state index in [-0.39, 0.29) is 24.2 Å². The molecular weight excluding hydrogens is 208 g/mol. The zero-order valence-electron chi connectivity index (χ0n) is 9.47. The van der Waals surface area contributed by atoms with Crippen molar-refractivity contribution in [3.63, 3.8) is 0 Å². The van der Waals surface area contributed by atoms with E-state index in [0.717, 1.165) is 0 Å². The van der Waals surface area contributed by atoms with Crippen molar-refractivity contribution < 1.29 is 19.4 Å². The molecule has 0 bridgehead atoms. The second-order valence-corrected chi connectivity index (χ2v) is 3.46. The van der Waals surface area contributed by atoms with Gasteiger partial charge in [0.05, 0.1) is 12.5 Å². The molecule has 1 aromatic carbocycles. The summed E-state index contributed by atoms with van der Waals surface area (Å²) in [5, 5.41) is 9.06. The van der Waals surface area contributed by atoms with Crippen LogP contribution in [-0.4, -0.2) is 24.3 Å². The Labute approximate surface area is 94.8 Å². The number of hydrogen-bond acceptors (Lipinski definition) is 4. The minimum Gasteiger partial charge on any atom is -0.508 e. The van der Waals surface area contributed by atoms with Crippen molar-refractivity contribution in [2.45, 2.75) is 13.8 Å². The molecule has 1 unspecified atom stereocenters. The number of benzene rings is 1. The van der Waals surface area contributed by atoms with Gasteiger partial charge in [0.1, 0.15) is 18.1 Å². The van der Waals surface area contributed by atoms with Crippen LogP contribution < -0.4 is 4.74 Å². The van der Waals surface area contributed by atoms with Crippen molar-refractivity contribution in [3.05, 3.63) is 24.3 Å². The Bertz CT molecular complexity index is 331. The molecule has 1 N–H and O–H groups in total. The molecule has 1 atom stereocenters. The molecule has 16 heavy (non-hydrogen) atoms. The van der Waals surface area contributed by atoms with Gasteiger partial charge in [-0.3, -0.25) is 4.79 Å². The minimum atomic E-state index is -0.297. The van der Waals surface area contributed by atoms with Crippen molar-refractivity contribution in [2.75, 3.05) is 13.2 Å². The van der Waals surface area contributed by atoms with Gasteiger partial charge in [0.2, 0.25) is 0 Å². The lowest BCUT2D eigenvalue weighted by Crippen LogP contribution is -2.21. The number of carbonyl (C=O) groups excluding carboxylic acids is 1. The van der Waals surface area contributed by atoms with E-state index < -0.39 is 0 Å². The van der Waals surface area contributed by atoms with Gasteiger partial charge in [-0.25, -0.2) is 0 Å². The number of hydrogen-bond donors (Lipinski definition) is 1. The molecule has 0 spiro atoms.